The quantitative estimate of drug-likeness (QED) is 0.732. The van der Waals surface area contributed by atoms with Gasteiger partial charge in [0.25, 0.3) is 0 Å². The minimum absolute atomic E-state index is 0.0626. The summed E-state index contributed by atoms with van der Waals surface area (Å²) in [7, 11) is 0. The number of hydrogen-bond acceptors (Lipinski definition) is 6. The van der Waals surface area contributed by atoms with Crippen molar-refractivity contribution in [1.82, 2.24) is 5.32 Å². The van der Waals surface area contributed by atoms with Crippen LogP contribution in [-0.2, 0) is 14.3 Å². The Balaban J connectivity index is 1.91. The van der Waals surface area contributed by atoms with Gasteiger partial charge in [-0.15, -0.1) is 0 Å². The van der Waals surface area contributed by atoms with Crippen LogP contribution in [0.25, 0.3) is 0 Å². The van der Waals surface area contributed by atoms with Gasteiger partial charge in [-0.1, -0.05) is 15.9 Å². The minimum atomic E-state index is -0.503. The third-order valence-electron chi connectivity index (χ3n) is 5.07. The molecule has 0 aromatic heterocycles. The maximum absolute atomic E-state index is 12.8. The molecule has 1 aromatic rings. The van der Waals surface area contributed by atoms with Gasteiger partial charge in [-0.05, 0) is 44.4 Å². The van der Waals surface area contributed by atoms with Crippen molar-refractivity contribution in [3.8, 4) is 11.5 Å². The molecule has 1 atom stereocenters. The van der Waals surface area contributed by atoms with Crippen molar-refractivity contribution < 1.29 is 23.8 Å². The summed E-state index contributed by atoms with van der Waals surface area (Å²) in [5.41, 5.74) is 3.52. The van der Waals surface area contributed by atoms with E-state index in [4.69, 9.17) is 14.2 Å². The van der Waals surface area contributed by atoms with Crippen molar-refractivity contribution in [1.29, 1.82) is 0 Å². The van der Waals surface area contributed by atoms with Gasteiger partial charge < -0.3 is 19.5 Å². The minimum Gasteiger partial charge on any atom is -0.463 e. The lowest BCUT2D eigenvalue weighted by molar-refractivity contribution is -0.138. The summed E-state index contributed by atoms with van der Waals surface area (Å²) in [5.74, 6) is 0.395. The molecule has 7 heteroatoms. The number of carbonyl (C=O) groups excluding carboxylic acids is 2. The summed E-state index contributed by atoms with van der Waals surface area (Å²) in [6.07, 6.45) is 2.07. The third kappa shape index (κ3) is 3.04. The Bertz CT molecular complexity index is 902. The SMILES string of the molecule is CCOC(=O)C1=C(C)NC2=C(C(=O)CCC2)[C@H]1c1cc2c(cc1Br)OCO2. The van der Waals surface area contributed by atoms with Gasteiger partial charge in [0, 0.05) is 33.8 Å². The molecule has 0 unspecified atom stereocenters. The van der Waals surface area contributed by atoms with Crippen molar-refractivity contribution >= 4 is 27.7 Å². The molecule has 0 spiro atoms. The number of ether oxygens (including phenoxy) is 3. The molecule has 1 aromatic carbocycles. The second-order valence-electron chi connectivity index (χ2n) is 6.71. The molecule has 0 bridgehead atoms. The third-order valence-corrected chi connectivity index (χ3v) is 5.76. The van der Waals surface area contributed by atoms with E-state index in [0.717, 1.165) is 34.3 Å². The highest BCUT2D eigenvalue weighted by atomic mass is 79.9. The van der Waals surface area contributed by atoms with Crippen LogP contribution in [0.15, 0.2) is 39.1 Å². The summed E-state index contributed by atoms with van der Waals surface area (Å²) in [4.78, 5) is 25.6. The number of carbonyl (C=O) groups is 2. The average molecular weight is 434 g/mol. The van der Waals surface area contributed by atoms with Gasteiger partial charge in [-0.25, -0.2) is 4.79 Å². The summed E-state index contributed by atoms with van der Waals surface area (Å²) in [6.45, 7) is 4.05. The first-order valence-electron chi connectivity index (χ1n) is 9.01. The fourth-order valence-corrected chi connectivity index (χ4v) is 4.48. The number of fused-ring (bicyclic) bond motifs is 1. The molecule has 0 radical (unpaired) electrons. The molecule has 142 valence electrons. The highest BCUT2D eigenvalue weighted by Gasteiger charge is 2.40. The number of halogens is 1. The Morgan fingerprint density at radius 1 is 1.30 bits per heavy atom. The first kappa shape index (κ1) is 18.1. The summed E-state index contributed by atoms with van der Waals surface area (Å²) >= 11 is 3.59. The predicted molar refractivity (Wildman–Crippen MR) is 101 cm³/mol. The maximum atomic E-state index is 12.8. The van der Waals surface area contributed by atoms with E-state index < -0.39 is 11.9 Å². The molecular formula is C20H20BrNO5. The standard InChI is InChI=1S/C20H20BrNO5/c1-3-25-20(24)17-10(2)22-13-5-4-6-14(23)19(13)18(17)11-7-15-16(8-12(11)21)27-9-26-15/h7-8,18,22H,3-6,9H2,1-2H3/t18-/m0/s1. The highest BCUT2D eigenvalue weighted by Crippen LogP contribution is 2.48. The monoisotopic (exact) mass is 433 g/mol. The molecule has 6 nitrogen and oxygen atoms in total. The van der Waals surface area contributed by atoms with E-state index >= 15 is 0 Å². The highest BCUT2D eigenvalue weighted by molar-refractivity contribution is 9.10. The zero-order valence-corrected chi connectivity index (χ0v) is 16.8. The van der Waals surface area contributed by atoms with E-state index in [1.165, 1.54) is 0 Å². The van der Waals surface area contributed by atoms with Crippen LogP contribution < -0.4 is 14.8 Å². The second kappa shape index (κ2) is 7.03. The first-order valence-corrected chi connectivity index (χ1v) is 9.80. The number of hydrogen-bond donors (Lipinski definition) is 1. The van der Waals surface area contributed by atoms with Gasteiger partial charge in [-0.2, -0.15) is 0 Å². The van der Waals surface area contributed by atoms with E-state index in [2.05, 4.69) is 21.2 Å². The van der Waals surface area contributed by atoms with Crippen molar-refractivity contribution in [3.05, 3.63) is 44.7 Å². The van der Waals surface area contributed by atoms with Crippen LogP contribution in [0, 0.1) is 0 Å². The normalized spacial score (nSPS) is 21.1. The maximum Gasteiger partial charge on any atom is 0.336 e. The molecule has 0 saturated heterocycles. The molecule has 3 aliphatic rings. The number of dihydropyridines is 1. The van der Waals surface area contributed by atoms with Crippen molar-refractivity contribution in [2.45, 2.75) is 39.0 Å². The van der Waals surface area contributed by atoms with E-state index in [1.54, 1.807) is 6.92 Å². The molecule has 27 heavy (non-hydrogen) atoms. The second-order valence-corrected chi connectivity index (χ2v) is 7.57. The Morgan fingerprint density at radius 3 is 2.78 bits per heavy atom. The van der Waals surface area contributed by atoms with Crippen molar-refractivity contribution in [3.63, 3.8) is 0 Å². The van der Waals surface area contributed by atoms with Crippen LogP contribution in [0.2, 0.25) is 0 Å². The van der Waals surface area contributed by atoms with Gasteiger partial charge in [-0.3, -0.25) is 4.79 Å². The number of ketones is 1. The lowest BCUT2D eigenvalue weighted by Gasteiger charge is -2.34. The lowest BCUT2D eigenvalue weighted by Crippen LogP contribution is -2.34. The molecule has 2 heterocycles. The smallest absolute Gasteiger partial charge is 0.336 e. The molecule has 0 fully saturated rings. The number of benzene rings is 1. The number of nitrogens with one attached hydrogen (secondary N) is 1. The van der Waals surface area contributed by atoms with Crippen LogP contribution in [0.4, 0.5) is 0 Å². The van der Waals surface area contributed by atoms with Gasteiger partial charge in [0.2, 0.25) is 6.79 Å². The van der Waals surface area contributed by atoms with Crippen LogP contribution in [-0.4, -0.2) is 25.2 Å². The molecule has 1 aliphatic carbocycles. The topological polar surface area (TPSA) is 73.9 Å². The van der Waals surface area contributed by atoms with Gasteiger partial charge in [0.15, 0.2) is 17.3 Å². The van der Waals surface area contributed by atoms with Crippen LogP contribution in [0.1, 0.15) is 44.6 Å². The van der Waals surface area contributed by atoms with Crippen molar-refractivity contribution in [2.75, 3.05) is 13.4 Å². The van der Waals surface area contributed by atoms with Crippen molar-refractivity contribution in [2.24, 2.45) is 0 Å². The van der Waals surface area contributed by atoms with Crippen LogP contribution in [0.3, 0.4) is 0 Å². The number of allylic oxidation sites excluding steroid dienone is 3. The molecular weight excluding hydrogens is 414 g/mol. The lowest BCUT2D eigenvalue weighted by atomic mass is 9.75. The number of Topliss-reactive ketones (excluding diaryl/α,β-unsaturated/α-hetero) is 1. The van der Waals surface area contributed by atoms with Gasteiger partial charge >= 0.3 is 5.97 Å². The Morgan fingerprint density at radius 2 is 2.04 bits per heavy atom. The number of esters is 1. The summed E-state index contributed by atoms with van der Waals surface area (Å²) in [5, 5.41) is 3.28. The Labute approximate surface area is 165 Å². The summed E-state index contributed by atoms with van der Waals surface area (Å²) in [6, 6.07) is 3.67. The van der Waals surface area contributed by atoms with Gasteiger partial charge in [0.1, 0.15) is 0 Å². The van der Waals surface area contributed by atoms with E-state index in [-0.39, 0.29) is 19.2 Å². The zero-order valence-electron chi connectivity index (χ0n) is 15.2. The Hall–Kier alpha value is -2.28. The van der Waals surface area contributed by atoms with Crippen LogP contribution in [0.5, 0.6) is 11.5 Å². The zero-order chi connectivity index (χ0) is 19.1. The average Bonchev–Trinajstić information content (AvgIpc) is 3.07. The largest absolute Gasteiger partial charge is 0.463 e. The fourth-order valence-electron chi connectivity index (χ4n) is 3.93. The van der Waals surface area contributed by atoms with Gasteiger partial charge in [0.05, 0.1) is 12.2 Å². The fraction of sp³-hybridized carbons (Fsp3) is 0.400. The number of rotatable bonds is 3. The molecule has 2 aliphatic heterocycles. The molecule has 0 saturated carbocycles. The molecule has 1 N–H and O–H groups in total. The van der Waals surface area contributed by atoms with E-state index in [1.807, 2.05) is 19.1 Å². The predicted octanol–water partition coefficient (Wildman–Crippen LogP) is 3.71. The molecule has 0 amide bonds. The van der Waals surface area contributed by atoms with E-state index in [0.29, 0.717) is 29.1 Å². The molecule has 4 rings (SSSR count). The van der Waals surface area contributed by atoms with Crippen LogP contribution >= 0.6 is 15.9 Å². The summed E-state index contributed by atoms with van der Waals surface area (Å²) < 4.78 is 17.0. The Kier molecular flexibility index (Phi) is 4.72. The first-order chi connectivity index (χ1) is 13.0. The van der Waals surface area contributed by atoms with E-state index in [9.17, 15) is 9.59 Å².